The summed E-state index contributed by atoms with van der Waals surface area (Å²) in [4.78, 5) is 11.4. The van der Waals surface area contributed by atoms with Gasteiger partial charge in [-0.15, -0.1) is 0 Å². The van der Waals surface area contributed by atoms with E-state index < -0.39 is 0 Å². The van der Waals surface area contributed by atoms with E-state index in [1.54, 1.807) is 0 Å². The lowest BCUT2D eigenvalue weighted by Gasteiger charge is -2.29. The van der Waals surface area contributed by atoms with Crippen molar-refractivity contribution in [3.63, 3.8) is 0 Å². The zero-order valence-electron chi connectivity index (χ0n) is 8.55. The van der Waals surface area contributed by atoms with Crippen molar-refractivity contribution < 1.29 is 38.0 Å². The third-order valence-corrected chi connectivity index (χ3v) is 2.61. The first-order valence-corrected chi connectivity index (χ1v) is 4.57. The van der Waals surface area contributed by atoms with Gasteiger partial charge in [-0.3, -0.25) is 0 Å². The van der Waals surface area contributed by atoms with Gasteiger partial charge in [0.1, 0.15) is 0 Å². The van der Waals surface area contributed by atoms with Crippen LogP contribution in [0.5, 0.6) is 0 Å². The van der Waals surface area contributed by atoms with Gasteiger partial charge in [-0.1, -0.05) is 0 Å². The van der Waals surface area contributed by atoms with Gasteiger partial charge in [0.25, 0.3) is 0 Å². The summed E-state index contributed by atoms with van der Waals surface area (Å²) >= 11 is 0. The number of nitrogens with zero attached hydrogens (tertiary/aromatic N) is 1. The Morgan fingerprint density at radius 3 is 2.54 bits per heavy atom. The topological polar surface area (TPSA) is 26.3 Å². The predicted octanol–water partition coefficient (Wildman–Crippen LogP) is -2.21. The number of hydrogen-bond donors (Lipinski definition) is 0. The summed E-state index contributed by atoms with van der Waals surface area (Å²) in [5.74, 6) is -0.0278. The van der Waals surface area contributed by atoms with Crippen LogP contribution in [0.2, 0.25) is 0 Å². The molecule has 0 saturated carbocycles. The molecule has 3 nitrogen and oxygen atoms in total. The summed E-state index contributed by atoms with van der Waals surface area (Å²) in [7, 11) is 4.18. The molecule has 0 aliphatic carbocycles. The molecule has 1 heterocycles. The first kappa shape index (κ1) is 13.2. The van der Waals surface area contributed by atoms with E-state index in [9.17, 15) is 4.79 Å². The molecule has 0 bridgehead atoms. The van der Waals surface area contributed by atoms with Gasteiger partial charge in [0.05, 0.1) is 27.2 Å². The normalized spacial score (nSPS) is 25.0. The molecule has 0 N–H and O–H groups in total. The molecule has 13 heavy (non-hydrogen) atoms. The Bertz CT molecular complexity index is 182. The number of carbonyl (C=O) groups excluding carboxylic acids is 1. The maximum Gasteiger partial charge on any atom is 0.364 e. The quantitative estimate of drug-likeness (QED) is 0.328. The first-order chi connectivity index (χ1) is 5.58. The minimum absolute atomic E-state index is 0. The lowest BCUT2D eigenvalue weighted by Crippen LogP contribution is -3.00. The van der Waals surface area contributed by atoms with Crippen LogP contribution in [0.25, 0.3) is 0 Å². The van der Waals surface area contributed by atoms with Crippen molar-refractivity contribution in [3.8, 4) is 0 Å². The van der Waals surface area contributed by atoms with Crippen LogP contribution in [0.3, 0.4) is 0 Å². The zero-order valence-corrected chi connectivity index (χ0v) is 10.7. The van der Waals surface area contributed by atoms with E-state index in [0.717, 1.165) is 23.9 Å². The Morgan fingerprint density at radius 2 is 2.15 bits per heavy atom. The number of carbonyl (C=O) groups is 1. The van der Waals surface area contributed by atoms with E-state index in [2.05, 4.69) is 14.1 Å². The van der Waals surface area contributed by atoms with Crippen LogP contribution in [0.4, 0.5) is 0 Å². The molecule has 0 spiro atoms. The third kappa shape index (κ3) is 3.09. The van der Waals surface area contributed by atoms with Gasteiger partial charge in [0, 0.05) is 12.8 Å². The number of likely N-dealkylation sites (N-methyl/N-ethyl adjacent to an activating group) is 1. The van der Waals surface area contributed by atoms with Gasteiger partial charge in [-0.2, -0.15) is 0 Å². The summed E-state index contributed by atoms with van der Waals surface area (Å²) in [6.07, 6.45) is 2.11. The largest absolute Gasteiger partial charge is 1.00 e. The van der Waals surface area contributed by atoms with Gasteiger partial charge in [0.15, 0.2) is 6.04 Å². The third-order valence-electron chi connectivity index (χ3n) is 2.61. The van der Waals surface area contributed by atoms with Crippen molar-refractivity contribution >= 4 is 5.97 Å². The molecule has 0 aromatic heterocycles. The molecule has 1 saturated heterocycles. The van der Waals surface area contributed by atoms with E-state index in [1.807, 2.05) is 6.92 Å². The van der Waals surface area contributed by atoms with Crippen LogP contribution < -0.4 is 24.0 Å². The van der Waals surface area contributed by atoms with Crippen molar-refractivity contribution in [2.24, 2.45) is 0 Å². The molecule has 1 fully saturated rings. The summed E-state index contributed by atoms with van der Waals surface area (Å²) in [6.45, 7) is 3.44. The second kappa shape index (κ2) is 5.14. The monoisotopic (exact) mass is 299 g/mol. The predicted molar refractivity (Wildman–Crippen MR) is 46.6 cm³/mol. The van der Waals surface area contributed by atoms with Gasteiger partial charge in [0.2, 0.25) is 0 Å². The van der Waals surface area contributed by atoms with Crippen LogP contribution in [0, 0.1) is 0 Å². The van der Waals surface area contributed by atoms with Crippen molar-refractivity contribution in [2.45, 2.75) is 25.8 Å². The number of rotatable bonds is 2. The van der Waals surface area contributed by atoms with E-state index >= 15 is 0 Å². The first-order valence-electron chi connectivity index (χ1n) is 4.57. The highest BCUT2D eigenvalue weighted by molar-refractivity contribution is 5.74. The van der Waals surface area contributed by atoms with E-state index in [4.69, 9.17) is 4.74 Å². The average Bonchev–Trinajstić information content (AvgIpc) is 2.30. The van der Waals surface area contributed by atoms with Crippen molar-refractivity contribution in [1.82, 2.24) is 0 Å². The maximum atomic E-state index is 11.4. The van der Waals surface area contributed by atoms with E-state index in [1.165, 1.54) is 0 Å². The number of hydrogen-bond acceptors (Lipinski definition) is 2. The van der Waals surface area contributed by atoms with Crippen LogP contribution in [0.1, 0.15) is 19.8 Å². The number of esters is 1. The Hall–Kier alpha value is 0.160. The number of likely N-dealkylation sites (tertiary alicyclic amines) is 1. The molecule has 0 amide bonds. The molecule has 0 radical (unpaired) electrons. The molecular formula is C9H18INO2. The fraction of sp³-hybridized carbons (Fsp3) is 0.889. The fourth-order valence-electron chi connectivity index (χ4n) is 1.84. The zero-order chi connectivity index (χ0) is 9.19. The molecule has 1 aliphatic heterocycles. The summed E-state index contributed by atoms with van der Waals surface area (Å²) < 4.78 is 5.80. The molecule has 1 rings (SSSR count). The van der Waals surface area contributed by atoms with Gasteiger partial charge >= 0.3 is 5.97 Å². The van der Waals surface area contributed by atoms with Crippen molar-refractivity contribution in [3.05, 3.63) is 0 Å². The van der Waals surface area contributed by atoms with Crippen LogP contribution in [-0.2, 0) is 9.53 Å². The number of ether oxygens (including phenoxy) is 1. The highest BCUT2D eigenvalue weighted by atomic mass is 127. The number of halogens is 1. The Labute approximate surface area is 97.0 Å². The highest BCUT2D eigenvalue weighted by Crippen LogP contribution is 2.22. The lowest BCUT2D eigenvalue weighted by atomic mass is 10.2. The molecular weight excluding hydrogens is 281 g/mol. The Kier molecular flexibility index (Phi) is 5.21. The second-order valence-corrected chi connectivity index (χ2v) is 3.91. The molecule has 78 valence electrons. The Balaban J connectivity index is 0.00000144. The highest BCUT2D eigenvalue weighted by Gasteiger charge is 2.40. The van der Waals surface area contributed by atoms with Crippen molar-refractivity contribution in [2.75, 3.05) is 27.2 Å². The summed E-state index contributed by atoms with van der Waals surface area (Å²) in [5.41, 5.74) is 0. The lowest BCUT2D eigenvalue weighted by molar-refractivity contribution is -0.893. The Morgan fingerprint density at radius 1 is 1.54 bits per heavy atom. The van der Waals surface area contributed by atoms with Crippen LogP contribution in [0.15, 0.2) is 0 Å². The van der Waals surface area contributed by atoms with E-state index in [-0.39, 0.29) is 36.0 Å². The smallest absolute Gasteiger partial charge is 0.364 e. The SMILES string of the molecule is CCOC(=O)C1CCC[N+]1(C)C.[I-]. The fourth-order valence-corrected chi connectivity index (χ4v) is 1.84. The minimum atomic E-state index is -0.0278. The average molecular weight is 299 g/mol. The maximum absolute atomic E-state index is 11.4. The van der Waals surface area contributed by atoms with Crippen LogP contribution >= 0.6 is 0 Å². The summed E-state index contributed by atoms with van der Waals surface area (Å²) in [6, 6.07) is 0.0740. The molecule has 0 aromatic carbocycles. The molecule has 1 aliphatic rings. The van der Waals surface area contributed by atoms with Gasteiger partial charge in [-0.05, 0) is 6.92 Å². The molecule has 1 unspecified atom stereocenters. The second-order valence-electron chi connectivity index (χ2n) is 3.91. The van der Waals surface area contributed by atoms with Crippen molar-refractivity contribution in [1.29, 1.82) is 0 Å². The molecule has 0 aromatic rings. The summed E-state index contributed by atoms with van der Waals surface area (Å²) in [5, 5.41) is 0. The molecule has 1 atom stereocenters. The molecule has 4 heteroatoms. The van der Waals surface area contributed by atoms with E-state index in [0.29, 0.717) is 6.61 Å². The van der Waals surface area contributed by atoms with Crippen LogP contribution in [-0.4, -0.2) is 43.7 Å². The van der Waals surface area contributed by atoms with Gasteiger partial charge in [-0.25, -0.2) is 4.79 Å². The standard InChI is InChI=1S/C9H18NO2.HI/c1-4-12-9(11)8-6-5-7-10(8,2)3;/h8H,4-7H2,1-3H3;1H/q+1;/p-1. The van der Waals surface area contributed by atoms with Gasteiger partial charge < -0.3 is 33.2 Å². The number of quaternary nitrogens is 1. The minimum Gasteiger partial charge on any atom is -1.00 e.